The number of carbonyl (C=O) groups is 1. The Kier molecular flexibility index (Phi) is 8.34. The summed E-state index contributed by atoms with van der Waals surface area (Å²) in [4.78, 5) is 22.3. The van der Waals surface area contributed by atoms with Crippen LogP contribution in [0.3, 0.4) is 0 Å². The predicted octanol–water partition coefficient (Wildman–Crippen LogP) is 3.55. The molecule has 0 unspecified atom stereocenters. The third-order valence-corrected chi connectivity index (χ3v) is 5.41. The van der Waals surface area contributed by atoms with Crippen LogP contribution in [0, 0.1) is 13.8 Å². The van der Waals surface area contributed by atoms with Crippen molar-refractivity contribution in [2.24, 2.45) is 4.99 Å². The highest BCUT2D eigenvalue weighted by Crippen LogP contribution is 2.22. The largest absolute Gasteiger partial charge is 0.357 e. The lowest BCUT2D eigenvalue weighted by Gasteiger charge is -2.12. The molecule has 0 saturated carbocycles. The highest BCUT2D eigenvalue weighted by atomic mass is 35.5. The number of benzene rings is 1. The first-order chi connectivity index (χ1) is 12.9. The number of halogens is 2. The number of thiazole rings is 1. The SMILES string of the molecule is CCNC(=NCc1sc(C)nc1C)NCCNC(=O)c1ccc(Cl)c(Cl)c1. The number of hydrogen-bond acceptors (Lipinski definition) is 4. The van der Waals surface area contributed by atoms with E-state index in [1.165, 1.54) is 0 Å². The van der Waals surface area contributed by atoms with Crippen molar-refractivity contribution >= 4 is 46.4 Å². The molecule has 0 radical (unpaired) electrons. The van der Waals surface area contributed by atoms with Crippen molar-refractivity contribution in [3.63, 3.8) is 0 Å². The Morgan fingerprint density at radius 1 is 1.15 bits per heavy atom. The number of nitrogens with one attached hydrogen (secondary N) is 3. The minimum atomic E-state index is -0.201. The fourth-order valence-corrected chi connectivity index (χ4v) is 3.47. The van der Waals surface area contributed by atoms with Gasteiger partial charge in [0.25, 0.3) is 5.91 Å². The Bertz CT molecular complexity index is 822. The van der Waals surface area contributed by atoms with E-state index < -0.39 is 0 Å². The predicted molar refractivity (Wildman–Crippen MR) is 113 cm³/mol. The van der Waals surface area contributed by atoms with E-state index in [1.54, 1.807) is 29.5 Å². The lowest BCUT2D eigenvalue weighted by molar-refractivity contribution is 0.0954. The molecule has 6 nitrogen and oxygen atoms in total. The van der Waals surface area contributed by atoms with Crippen LogP contribution in [0.4, 0.5) is 0 Å². The molecule has 0 aliphatic heterocycles. The summed E-state index contributed by atoms with van der Waals surface area (Å²) in [6.45, 7) is 8.30. The Morgan fingerprint density at radius 2 is 1.89 bits per heavy atom. The number of nitrogens with zero attached hydrogens (tertiary/aromatic N) is 2. The maximum absolute atomic E-state index is 12.1. The number of hydrogen-bond donors (Lipinski definition) is 3. The third-order valence-electron chi connectivity index (χ3n) is 3.61. The molecule has 0 saturated heterocycles. The van der Waals surface area contributed by atoms with Crippen LogP contribution in [-0.2, 0) is 6.54 Å². The molecule has 0 atom stereocenters. The van der Waals surface area contributed by atoms with Crippen molar-refractivity contribution in [3.05, 3.63) is 49.4 Å². The monoisotopic (exact) mass is 427 g/mol. The molecule has 146 valence electrons. The Morgan fingerprint density at radius 3 is 2.52 bits per heavy atom. The molecule has 2 rings (SSSR count). The van der Waals surface area contributed by atoms with E-state index in [0.717, 1.165) is 22.1 Å². The maximum atomic E-state index is 12.1. The normalized spacial score (nSPS) is 11.4. The summed E-state index contributed by atoms with van der Waals surface area (Å²) in [5.74, 6) is 0.500. The second kappa shape index (κ2) is 10.5. The van der Waals surface area contributed by atoms with Gasteiger partial charge in [0.1, 0.15) is 0 Å². The zero-order valence-electron chi connectivity index (χ0n) is 15.5. The second-order valence-electron chi connectivity index (χ2n) is 5.75. The van der Waals surface area contributed by atoms with Crippen molar-refractivity contribution in [2.75, 3.05) is 19.6 Å². The minimum Gasteiger partial charge on any atom is -0.357 e. The first-order valence-electron chi connectivity index (χ1n) is 8.59. The van der Waals surface area contributed by atoms with E-state index in [9.17, 15) is 4.79 Å². The van der Waals surface area contributed by atoms with Gasteiger partial charge in [0, 0.05) is 30.1 Å². The number of aromatic nitrogens is 1. The molecule has 0 fully saturated rings. The molecule has 1 heterocycles. The Balaban J connectivity index is 1.83. The van der Waals surface area contributed by atoms with Crippen LogP contribution in [0.1, 0.15) is 32.9 Å². The van der Waals surface area contributed by atoms with Gasteiger partial charge >= 0.3 is 0 Å². The van der Waals surface area contributed by atoms with Gasteiger partial charge in [0.15, 0.2) is 5.96 Å². The van der Waals surface area contributed by atoms with Gasteiger partial charge in [-0.15, -0.1) is 11.3 Å². The van der Waals surface area contributed by atoms with E-state index in [2.05, 4.69) is 25.9 Å². The second-order valence-corrected chi connectivity index (χ2v) is 7.85. The lowest BCUT2D eigenvalue weighted by Crippen LogP contribution is -2.41. The highest BCUT2D eigenvalue weighted by molar-refractivity contribution is 7.11. The number of aliphatic imine (C=N–C) groups is 1. The van der Waals surface area contributed by atoms with Crippen LogP contribution >= 0.6 is 34.5 Å². The van der Waals surface area contributed by atoms with E-state index in [1.807, 2.05) is 20.8 Å². The molecular weight excluding hydrogens is 405 g/mol. The standard InChI is InChI=1S/C18H23Cl2N5OS/c1-4-21-18(24-10-16-11(2)25-12(3)27-16)23-8-7-22-17(26)13-5-6-14(19)15(20)9-13/h5-6,9H,4,7-8,10H2,1-3H3,(H,22,26)(H2,21,23,24). The minimum absolute atomic E-state index is 0.201. The molecule has 1 aromatic carbocycles. The topological polar surface area (TPSA) is 78.4 Å². The van der Waals surface area contributed by atoms with E-state index in [-0.39, 0.29) is 5.91 Å². The van der Waals surface area contributed by atoms with Crippen LogP contribution in [0.5, 0.6) is 0 Å². The smallest absolute Gasteiger partial charge is 0.251 e. The zero-order chi connectivity index (χ0) is 19.8. The van der Waals surface area contributed by atoms with Gasteiger partial charge in [-0.1, -0.05) is 23.2 Å². The summed E-state index contributed by atoms with van der Waals surface area (Å²) >= 11 is 13.5. The van der Waals surface area contributed by atoms with Crippen molar-refractivity contribution in [1.29, 1.82) is 0 Å². The number of rotatable bonds is 7. The van der Waals surface area contributed by atoms with Crippen LogP contribution in [0.15, 0.2) is 23.2 Å². The van der Waals surface area contributed by atoms with E-state index in [4.69, 9.17) is 23.2 Å². The number of amides is 1. The molecule has 0 aliphatic carbocycles. The molecule has 0 spiro atoms. The van der Waals surface area contributed by atoms with Crippen molar-refractivity contribution in [1.82, 2.24) is 20.9 Å². The lowest BCUT2D eigenvalue weighted by atomic mass is 10.2. The summed E-state index contributed by atoms with van der Waals surface area (Å²) in [5, 5.41) is 11.1. The average molecular weight is 428 g/mol. The zero-order valence-corrected chi connectivity index (χ0v) is 17.9. The van der Waals surface area contributed by atoms with E-state index >= 15 is 0 Å². The van der Waals surface area contributed by atoms with E-state index in [0.29, 0.717) is 41.2 Å². The molecule has 2 aromatic rings. The van der Waals surface area contributed by atoms with Gasteiger partial charge in [0.05, 0.1) is 27.3 Å². The first-order valence-corrected chi connectivity index (χ1v) is 10.2. The molecule has 1 amide bonds. The first kappa shape index (κ1) is 21.5. The van der Waals surface area contributed by atoms with Crippen LogP contribution in [0.25, 0.3) is 0 Å². The molecule has 0 bridgehead atoms. The van der Waals surface area contributed by atoms with Crippen molar-refractivity contribution < 1.29 is 4.79 Å². The summed E-state index contributed by atoms with van der Waals surface area (Å²) < 4.78 is 0. The van der Waals surface area contributed by atoms with Gasteiger partial charge in [0.2, 0.25) is 0 Å². The van der Waals surface area contributed by atoms with Crippen LogP contribution in [0.2, 0.25) is 10.0 Å². The maximum Gasteiger partial charge on any atom is 0.251 e. The molecule has 1 aromatic heterocycles. The summed E-state index contributed by atoms with van der Waals surface area (Å²) in [6.07, 6.45) is 0. The van der Waals surface area contributed by atoms with Crippen LogP contribution < -0.4 is 16.0 Å². The quantitative estimate of drug-likeness (QED) is 0.358. The fourth-order valence-electron chi connectivity index (χ4n) is 2.31. The van der Waals surface area contributed by atoms with Crippen molar-refractivity contribution in [2.45, 2.75) is 27.3 Å². The number of carbonyl (C=O) groups excluding carboxylic acids is 1. The molecule has 0 aliphatic rings. The average Bonchev–Trinajstić information content (AvgIpc) is 2.95. The Hall–Kier alpha value is -1.83. The fraction of sp³-hybridized carbons (Fsp3) is 0.389. The number of aryl methyl sites for hydroxylation is 2. The Labute approximate surface area is 173 Å². The molecule has 9 heteroatoms. The number of guanidine groups is 1. The van der Waals surface area contributed by atoms with Gasteiger partial charge < -0.3 is 16.0 Å². The summed E-state index contributed by atoms with van der Waals surface area (Å²) in [6, 6.07) is 4.80. The van der Waals surface area contributed by atoms with Gasteiger partial charge in [-0.05, 0) is 39.0 Å². The third kappa shape index (κ3) is 6.68. The molecule has 27 heavy (non-hydrogen) atoms. The van der Waals surface area contributed by atoms with Crippen LogP contribution in [-0.4, -0.2) is 36.5 Å². The highest BCUT2D eigenvalue weighted by Gasteiger charge is 2.08. The molecule has 3 N–H and O–H groups in total. The van der Waals surface area contributed by atoms with Gasteiger partial charge in [-0.2, -0.15) is 0 Å². The summed E-state index contributed by atoms with van der Waals surface area (Å²) in [5.41, 5.74) is 1.49. The van der Waals surface area contributed by atoms with Crippen molar-refractivity contribution in [3.8, 4) is 0 Å². The van der Waals surface area contributed by atoms with Gasteiger partial charge in [-0.3, -0.25) is 4.79 Å². The van der Waals surface area contributed by atoms with Gasteiger partial charge in [-0.25, -0.2) is 9.98 Å². The summed E-state index contributed by atoms with van der Waals surface area (Å²) in [7, 11) is 0. The molecular formula is C18H23Cl2N5OS.